The van der Waals surface area contributed by atoms with Crippen molar-refractivity contribution in [1.29, 1.82) is 0 Å². The summed E-state index contributed by atoms with van der Waals surface area (Å²) in [6, 6.07) is 13.8. The molecule has 3 rings (SSSR count). The minimum atomic E-state index is -0.429. The fourth-order valence-electron chi connectivity index (χ4n) is 2.80. The van der Waals surface area contributed by atoms with E-state index in [1.54, 1.807) is 62.4 Å². The van der Waals surface area contributed by atoms with Crippen LogP contribution in [0, 0.1) is 11.8 Å². The number of hydrogen-bond donors (Lipinski definition) is 1. The molecule has 1 heterocycles. The van der Waals surface area contributed by atoms with Crippen LogP contribution < -0.4 is 10.1 Å². The van der Waals surface area contributed by atoms with E-state index in [0.29, 0.717) is 22.2 Å². The lowest BCUT2D eigenvalue weighted by atomic mass is 10.00. The molecule has 7 heteroatoms. The SMILES string of the molecule is C[C@@H]1C(=O)N(CC(=O)Nc2ccc(Oc3cccc(Cl)c3)cc2)C(=O)[C@@H]1C. The molecule has 6 nitrogen and oxygen atoms in total. The summed E-state index contributed by atoms with van der Waals surface area (Å²) in [4.78, 5) is 37.3. The first kappa shape index (κ1) is 18.9. The van der Waals surface area contributed by atoms with Crippen molar-refractivity contribution in [3.63, 3.8) is 0 Å². The van der Waals surface area contributed by atoms with Crippen molar-refractivity contribution in [1.82, 2.24) is 4.90 Å². The predicted octanol–water partition coefficient (Wildman–Crippen LogP) is 3.71. The fraction of sp³-hybridized carbons (Fsp3) is 0.250. The molecule has 1 aliphatic rings. The van der Waals surface area contributed by atoms with Gasteiger partial charge in [0.15, 0.2) is 0 Å². The zero-order valence-corrected chi connectivity index (χ0v) is 15.7. The minimum Gasteiger partial charge on any atom is -0.457 e. The van der Waals surface area contributed by atoms with Gasteiger partial charge in [0, 0.05) is 22.5 Å². The number of benzene rings is 2. The number of carbonyl (C=O) groups is 3. The largest absolute Gasteiger partial charge is 0.457 e. The van der Waals surface area contributed by atoms with E-state index in [-0.39, 0.29) is 18.4 Å². The van der Waals surface area contributed by atoms with Crippen molar-refractivity contribution in [2.24, 2.45) is 11.8 Å². The standard InChI is InChI=1S/C20H19ClN2O4/c1-12-13(2)20(26)23(19(12)25)11-18(24)22-15-6-8-16(9-7-15)27-17-5-3-4-14(21)10-17/h3-10,12-13H,11H2,1-2H3,(H,22,24)/t12-,13+. The van der Waals surface area contributed by atoms with E-state index in [0.717, 1.165) is 4.90 Å². The van der Waals surface area contributed by atoms with Gasteiger partial charge in [-0.3, -0.25) is 19.3 Å². The molecule has 27 heavy (non-hydrogen) atoms. The number of carbonyl (C=O) groups excluding carboxylic acids is 3. The fourth-order valence-corrected chi connectivity index (χ4v) is 2.98. The van der Waals surface area contributed by atoms with Crippen molar-refractivity contribution >= 4 is 35.0 Å². The zero-order valence-electron chi connectivity index (χ0n) is 14.9. The third kappa shape index (κ3) is 4.28. The molecule has 0 bridgehead atoms. The molecule has 1 fully saturated rings. The van der Waals surface area contributed by atoms with Gasteiger partial charge in [-0.05, 0) is 42.5 Å². The normalized spacial score (nSPS) is 19.3. The lowest BCUT2D eigenvalue weighted by Gasteiger charge is -2.14. The average Bonchev–Trinajstić information content (AvgIpc) is 2.81. The summed E-state index contributed by atoms with van der Waals surface area (Å²) < 4.78 is 5.68. The topological polar surface area (TPSA) is 75.7 Å². The van der Waals surface area contributed by atoms with Crippen LogP contribution in [0.15, 0.2) is 48.5 Å². The summed E-state index contributed by atoms with van der Waals surface area (Å²) in [7, 11) is 0. The summed E-state index contributed by atoms with van der Waals surface area (Å²) in [5.74, 6) is -0.653. The maximum atomic E-state index is 12.2. The molecular formula is C20H19ClN2O4. The molecule has 0 radical (unpaired) electrons. The van der Waals surface area contributed by atoms with Crippen LogP contribution in [0.5, 0.6) is 11.5 Å². The second kappa shape index (κ2) is 7.80. The number of likely N-dealkylation sites (tertiary alicyclic amines) is 1. The van der Waals surface area contributed by atoms with Crippen molar-refractivity contribution < 1.29 is 19.1 Å². The van der Waals surface area contributed by atoms with E-state index in [2.05, 4.69) is 5.32 Å². The molecule has 0 spiro atoms. The van der Waals surface area contributed by atoms with Crippen LogP contribution >= 0.6 is 11.6 Å². The highest BCUT2D eigenvalue weighted by molar-refractivity contribution is 6.30. The van der Waals surface area contributed by atoms with E-state index < -0.39 is 17.7 Å². The summed E-state index contributed by atoms with van der Waals surface area (Å²) >= 11 is 5.92. The molecule has 2 aromatic carbocycles. The number of halogens is 1. The Hall–Kier alpha value is -2.86. The van der Waals surface area contributed by atoms with E-state index in [1.807, 2.05) is 0 Å². The Kier molecular flexibility index (Phi) is 5.46. The third-order valence-electron chi connectivity index (χ3n) is 4.53. The smallest absolute Gasteiger partial charge is 0.244 e. The Morgan fingerprint density at radius 1 is 1.04 bits per heavy atom. The second-order valence-corrected chi connectivity index (χ2v) is 6.91. The molecule has 140 valence electrons. The first-order chi connectivity index (χ1) is 12.8. The summed E-state index contributed by atoms with van der Waals surface area (Å²) in [6.45, 7) is 3.11. The van der Waals surface area contributed by atoms with Crippen LogP contribution in [0.4, 0.5) is 5.69 Å². The number of hydrogen-bond acceptors (Lipinski definition) is 4. The van der Waals surface area contributed by atoms with Crippen molar-refractivity contribution in [2.75, 3.05) is 11.9 Å². The van der Waals surface area contributed by atoms with Gasteiger partial charge in [0.05, 0.1) is 0 Å². The Morgan fingerprint density at radius 3 is 2.26 bits per heavy atom. The molecule has 0 saturated carbocycles. The van der Waals surface area contributed by atoms with Gasteiger partial charge in [0.1, 0.15) is 18.0 Å². The lowest BCUT2D eigenvalue weighted by molar-refractivity contribution is -0.142. The summed E-state index contributed by atoms with van der Waals surface area (Å²) in [5, 5.41) is 3.25. The number of rotatable bonds is 5. The monoisotopic (exact) mass is 386 g/mol. The van der Waals surface area contributed by atoms with E-state index in [1.165, 1.54) is 0 Å². The molecule has 2 aromatic rings. The predicted molar refractivity (Wildman–Crippen MR) is 102 cm³/mol. The van der Waals surface area contributed by atoms with Crippen molar-refractivity contribution in [2.45, 2.75) is 13.8 Å². The van der Waals surface area contributed by atoms with Gasteiger partial charge in [-0.1, -0.05) is 31.5 Å². The molecule has 0 unspecified atom stereocenters. The number of anilines is 1. The highest BCUT2D eigenvalue weighted by atomic mass is 35.5. The highest BCUT2D eigenvalue weighted by Crippen LogP contribution is 2.26. The summed E-state index contributed by atoms with van der Waals surface area (Å²) in [6.07, 6.45) is 0. The summed E-state index contributed by atoms with van der Waals surface area (Å²) in [5.41, 5.74) is 0.540. The molecule has 1 aliphatic heterocycles. The molecule has 0 aromatic heterocycles. The van der Waals surface area contributed by atoms with Crippen LogP contribution in [0.1, 0.15) is 13.8 Å². The van der Waals surface area contributed by atoms with Gasteiger partial charge in [0.25, 0.3) is 0 Å². The number of nitrogens with zero attached hydrogens (tertiary/aromatic N) is 1. The molecule has 2 atom stereocenters. The molecule has 1 N–H and O–H groups in total. The van der Waals surface area contributed by atoms with Crippen LogP contribution in [-0.2, 0) is 14.4 Å². The maximum absolute atomic E-state index is 12.2. The number of nitrogens with one attached hydrogen (secondary N) is 1. The van der Waals surface area contributed by atoms with Gasteiger partial charge in [0.2, 0.25) is 17.7 Å². The van der Waals surface area contributed by atoms with E-state index >= 15 is 0 Å². The van der Waals surface area contributed by atoms with Gasteiger partial charge < -0.3 is 10.1 Å². The number of amides is 3. The molecule has 3 amide bonds. The van der Waals surface area contributed by atoms with Gasteiger partial charge in [-0.15, -0.1) is 0 Å². The number of imide groups is 1. The third-order valence-corrected chi connectivity index (χ3v) is 4.77. The maximum Gasteiger partial charge on any atom is 0.244 e. The van der Waals surface area contributed by atoms with Gasteiger partial charge in [-0.25, -0.2) is 0 Å². The Bertz CT molecular complexity index is 862. The molecule has 1 saturated heterocycles. The van der Waals surface area contributed by atoms with E-state index in [9.17, 15) is 14.4 Å². The quantitative estimate of drug-likeness (QED) is 0.795. The Labute approximate surface area is 162 Å². The highest BCUT2D eigenvalue weighted by Gasteiger charge is 2.42. The van der Waals surface area contributed by atoms with Crippen LogP contribution in [0.3, 0.4) is 0 Å². The van der Waals surface area contributed by atoms with Crippen LogP contribution in [-0.4, -0.2) is 29.2 Å². The number of ether oxygens (including phenoxy) is 1. The van der Waals surface area contributed by atoms with Gasteiger partial charge >= 0.3 is 0 Å². The first-order valence-electron chi connectivity index (χ1n) is 8.53. The van der Waals surface area contributed by atoms with E-state index in [4.69, 9.17) is 16.3 Å². The average molecular weight is 387 g/mol. The van der Waals surface area contributed by atoms with Crippen LogP contribution in [0.25, 0.3) is 0 Å². The Morgan fingerprint density at radius 2 is 1.67 bits per heavy atom. The van der Waals surface area contributed by atoms with Crippen molar-refractivity contribution in [3.05, 3.63) is 53.6 Å². The minimum absolute atomic E-state index is 0.285. The van der Waals surface area contributed by atoms with Crippen LogP contribution in [0.2, 0.25) is 5.02 Å². The molecular weight excluding hydrogens is 368 g/mol. The second-order valence-electron chi connectivity index (χ2n) is 6.47. The first-order valence-corrected chi connectivity index (χ1v) is 8.91. The van der Waals surface area contributed by atoms with Crippen molar-refractivity contribution in [3.8, 4) is 11.5 Å². The zero-order chi connectivity index (χ0) is 19.6. The van der Waals surface area contributed by atoms with Gasteiger partial charge in [-0.2, -0.15) is 0 Å². The Balaban J connectivity index is 1.59. The molecule has 0 aliphatic carbocycles. The lowest BCUT2D eigenvalue weighted by Crippen LogP contribution is -2.38.